The highest BCUT2D eigenvalue weighted by atomic mass is 15.4. The summed E-state index contributed by atoms with van der Waals surface area (Å²) in [5.41, 5.74) is 2.78. The van der Waals surface area contributed by atoms with Crippen LogP contribution in [0.1, 0.15) is 0 Å². The van der Waals surface area contributed by atoms with Crippen molar-refractivity contribution in [2.45, 2.75) is 0 Å². The van der Waals surface area contributed by atoms with Gasteiger partial charge in [-0.15, -0.1) is 0 Å². The maximum Gasteiger partial charge on any atom is 0.120 e. The fourth-order valence-electron chi connectivity index (χ4n) is 4.36. The summed E-state index contributed by atoms with van der Waals surface area (Å²) in [6, 6.07) is 27.3. The third-order valence-corrected chi connectivity index (χ3v) is 5.87. The van der Waals surface area contributed by atoms with Crippen LogP contribution in [0.2, 0.25) is 0 Å². The molecular formula is C26H20N4. The maximum atomic E-state index is 9.22. The molecule has 0 fully saturated rings. The standard InChI is InChI=1S/C26H20N4/c1-29-24-5-3-4-6-25(24)30(2)26(29)20-10-9-18-11-21-13-19(23(15-27)16-28)8-7-17(21)12-22(18)14-20/h3-15,27H,1-2H3/b23-19-,27-15?. The Hall–Kier alpha value is -4.10. The first-order valence-electron chi connectivity index (χ1n) is 9.80. The van der Waals surface area contributed by atoms with Gasteiger partial charge < -0.3 is 15.2 Å². The molecule has 144 valence electrons. The minimum Gasteiger partial charge on any atom is -0.329 e. The highest BCUT2D eigenvalue weighted by Crippen LogP contribution is 2.39. The number of rotatable bonds is 1. The Morgan fingerprint density at radius 2 is 1.40 bits per heavy atom. The number of fused-ring (bicyclic) bond motifs is 3. The summed E-state index contributed by atoms with van der Waals surface area (Å²) >= 11 is 0. The van der Waals surface area contributed by atoms with E-state index in [1.54, 1.807) is 0 Å². The SMILES string of the molecule is CN1C(=c2ccc3cc4c/c(=C(\C#N)C=N)ccc4cc3c2)N(C)c2ccccc21. The third kappa shape index (κ3) is 2.64. The summed E-state index contributed by atoms with van der Waals surface area (Å²) < 4.78 is 0. The van der Waals surface area contributed by atoms with Gasteiger partial charge >= 0.3 is 0 Å². The molecule has 0 bridgehead atoms. The highest BCUT2D eigenvalue weighted by molar-refractivity contribution is 6.07. The zero-order valence-corrected chi connectivity index (χ0v) is 16.8. The molecule has 1 heterocycles. The van der Waals surface area contributed by atoms with E-state index in [-0.39, 0.29) is 0 Å². The lowest BCUT2D eigenvalue weighted by molar-refractivity contribution is 1.17. The summed E-state index contributed by atoms with van der Waals surface area (Å²) in [4.78, 5) is 4.47. The Labute approximate surface area is 174 Å². The van der Waals surface area contributed by atoms with Gasteiger partial charge in [0.15, 0.2) is 0 Å². The zero-order chi connectivity index (χ0) is 20.8. The maximum absolute atomic E-state index is 9.22. The Morgan fingerprint density at radius 1 is 0.800 bits per heavy atom. The zero-order valence-electron chi connectivity index (χ0n) is 16.8. The van der Waals surface area contributed by atoms with Gasteiger partial charge in [-0.2, -0.15) is 5.26 Å². The van der Waals surface area contributed by atoms with Crippen molar-refractivity contribution in [3.63, 3.8) is 0 Å². The Kier molecular flexibility index (Phi) is 4.04. The number of anilines is 2. The predicted octanol–water partition coefficient (Wildman–Crippen LogP) is 3.97. The summed E-state index contributed by atoms with van der Waals surface area (Å²) in [5.74, 6) is 1.16. The first kappa shape index (κ1) is 18.0. The van der Waals surface area contributed by atoms with E-state index in [0.29, 0.717) is 5.57 Å². The second-order valence-corrected chi connectivity index (χ2v) is 7.58. The average molecular weight is 388 g/mol. The van der Waals surface area contributed by atoms with Crippen molar-refractivity contribution in [1.82, 2.24) is 0 Å². The molecule has 4 aromatic carbocycles. The molecule has 4 aromatic rings. The van der Waals surface area contributed by atoms with Crippen LogP contribution in [-0.4, -0.2) is 20.3 Å². The molecule has 5 rings (SSSR count). The number of nitrogens with one attached hydrogen (secondary N) is 1. The second kappa shape index (κ2) is 6.75. The van der Waals surface area contributed by atoms with E-state index in [1.807, 2.05) is 18.2 Å². The number of hydrogen-bond donors (Lipinski definition) is 1. The molecule has 1 aliphatic rings. The highest BCUT2D eigenvalue weighted by Gasteiger charge is 2.25. The minimum absolute atomic E-state index is 0.371. The van der Waals surface area contributed by atoms with Crippen molar-refractivity contribution in [1.29, 1.82) is 10.7 Å². The smallest absolute Gasteiger partial charge is 0.120 e. The van der Waals surface area contributed by atoms with E-state index >= 15 is 0 Å². The lowest BCUT2D eigenvalue weighted by Gasteiger charge is -2.18. The van der Waals surface area contributed by atoms with Crippen LogP contribution in [0.5, 0.6) is 0 Å². The summed E-state index contributed by atoms with van der Waals surface area (Å²) in [6.07, 6.45) is 1.11. The van der Waals surface area contributed by atoms with Gasteiger partial charge in [0.1, 0.15) is 11.9 Å². The largest absolute Gasteiger partial charge is 0.329 e. The van der Waals surface area contributed by atoms with E-state index in [0.717, 1.165) is 33.4 Å². The third-order valence-electron chi connectivity index (χ3n) is 5.87. The molecule has 0 saturated heterocycles. The summed E-state index contributed by atoms with van der Waals surface area (Å²) in [7, 11) is 4.22. The Balaban J connectivity index is 1.73. The van der Waals surface area contributed by atoms with Gasteiger partial charge in [0, 0.05) is 25.5 Å². The summed E-state index contributed by atoms with van der Waals surface area (Å²) in [6.45, 7) is 0. The van der Waals surface area contributed by atoms with Crippen LogP contribution in [0, 0.1) is 16.7 Å². The van der Waals surface area contributed by atoms with Crippen molar-refractivity contribution in [2.24, 2.45) is 0 Å². The lowest BCUT2D eigenvalue weighted by atomic mass is 10.0. The van der Waals surface area contributed by atoms with Gasteiger partial charge in [0.05, 0.1) is 16.9 Å². The Morgan fingerprint density at radius 3 is 2.00 bits per heavy atom. The van der Waals surface area contributed by atoms with Crippen LogP contribution in [-0.2, 0) is 0 Å². The van der Waals surface area contributed by atoms with Crippen molar-refractivity contribution >= 4 is 50.5 Å². The Bertz CT molecular complexity index is 1480. The number of benzene rings is 4. The first-order chi connectivity index (χ1) is 14.6. The number of nitrogens with zero attached hydrogens (tertiary/aromatic N) is 3. The monoisotopic (exact) mass is 388 g/mol. The van der Waals surface area contributed by atoms with Crippen LogP contribution in [0.25, 0.3) is 32.9 Å². The predicted molar refractivity (Wildman–Crippen MR) is 125 cm³/mol. The average Bonchev–Trinajstić information content (AvgIpc) is 3.03. The second-order valence-electron chi connectivity index (χ2n) is 7.58. The molecule has 0 radical (unpaired) electrons. The quantitative estimate of drug-likeness (QED) is 0.397. The molecule has 1 N–H and O–H groups in total. The molecule has 0 spiro atoms. The van der Waals surface area contributed by atoms with Gasteiger partial charge in [-0.05, 0) is 63.2 Å². The molecule has 0 aromatic heterocycles. The van der Waals surface area contributed by atoms with E-state index < -0.39 is 0 Å². The molecule has 4 heteroatoms. The van der Waals surface area contributed by atoms with Crippen molar-refractivity contribution in [2.75, 3.05) is 23.9 Å². The van der Waals surface area contributed by atoms with Crippen LogP contribution in [0.15, 0.2) is 72.8 Å². The molecule has 4 nitrogen and oxygen atoms in total. The van der Waals surface area contributed by atoms with E-state index in [9.17, 15) is 5.26 Å². The molecular weight excluding hydrogens is 368 g/mol. The van der Waals surface area contributed by atoms with Gasteiger partial charge in [0.2, 0.25) is 0 Å². The first-order valence-corrected chi connectivity index (χ1v) is 9.80. The normalized spacial score (nSPS) is 14.1. The van der Waals surface area contributed by atoms with Crippen LogP contribution in [0.4, 0.5) is 11.4 Å². The molecule has 1 aliphatic heterocycles. The number of hydrogen-bond acceptors (Lipinski definition) is 4. The topological polar surface area (TPSA) is 54.1 Å². The van der Waals surface area contributed by atoms with Crippen molar-refractivity contribution < 1.29 is 0 Å². The molecule has 0 unspecified atom stereocenters. The van der Waals surface area contributed by atoms with E-state index in [2.05, 4.69) is 84.6 Å². The number of para-hydroxylation sites is 2. The summed E-state index contributed by atoms with van der Waals surface area (Å²) in [5, 5.41) is 23.1. The molecule has 0 atom stereocenters. The molecule has 0 aliphatic carbocycles. The van der Waals surface area contributed by atoms with Crippen LogP contribution in [0.3, 0.4) is 0 Å². The molecule has 0 saturated carbocycles. The molecule has 0 amide bonds. The van der Waals surface area contributed by atoms with Gasteiger partial charge in [-0.25, -0.2) is 0 Å². The van der Waals surface area contributed by atoms with Gasteiger partial charge in [0.25, 0.3) is 0 Å². The van der Waals surface area contributed by atoms with Crippen molar-refractivity contribution in [3.05, 3.63) is 83.2 Å². The fraction of sp³-hybridized carbons (Fsp3) is 0.0769. The number of nitriles is 1. The van der Waals surface area contributed by atoms with Crippen molar-refractivity contribution in [3.8, 4) is 6.07 Å². The van der Waals surface area contributed by atoms with E-state index in [4.69, 9.17) is 5.41 Å². The minimum atomic E-state index is 0.371. The van der Waals surface area contributed by atoms with Crippen LogP contribution >= 0.6 is 0 Å². The lowest BCUT2D eigenvalue weighted by Crippen LogP contribution is -2.28. The fourth-order valence-corrected chi connectivity index (χ4v) is 4.36. The molecule has 30 heavy (non-hydrogen) atoms. The van der Waals surface area contributed by atoms with Gasteiger partial charge in [-0.3, -0.25) is 0 Å². The van der Waals surface area contributed by atoms with E-state index in [1.165, 1.54) is 22.0 Å². The van der Waals surface area contributed by atoms with Gasteiger partial charge in [-0.1, -0.05) is 36.4 Å². The van der Waals surface area contributed by atoms with Crippen LogP contribution < -0.4 is 20.2 Å².